The lowest BCUT2D eigenvalue weighted by Crippen LogP contribution is -2.51. The molecule has 0 spiro atoms. The Hall–Kier alpha value is -2.90. The molecule has 0 bridgehead atoms. The molecule has 1 heterocycles. The number of carbonyl (C=O) groups excluding carboxylic acids is 2. The van der Waals surface area contributed by atoms with Gasteiger partial charge in [0.15, 0.2) is 0 Å². The fraction of sp³-hybridized carbons (Fsp3) is 0.312. The maximum atomic E-state index is 13.2. The van der Waals surface area contributed by atoms with Crippen LogP contribution in [0.5, 0.6) is 0 Å². The summed E-state index contributed by atoms with van der Waals surface area (Å²) in [5, 5.41) is 14.4. The Morgan fingerprint density at radius 3 is 2.62 bits per heavy atom. The summed E-state index contributed by atoms with van der Waals surface area (Å²) >= 11 is 0. The molecule has 0 fully saturated rings. The summed E-state index contributed by atoms with van der Waals surface area (Å²) in [5.41, 5.74) is 1.28. The molecule has 2 aromatic rings. The molecule has 0 aliphatic rings. The summed E-state index contributed by atoms with van der Waals surface area (Å²) in [6.07, 6.45) is 1.77. The first-order chi connectivity index (χ1) is 11.3. The summed E-state index contributed by atoms with van der Waals surface area (Å²) < 4.78 is 13.2. The SMILES string of the molecule is CC(=O)NC(Cc1c[nH]c2cc(F)ccc12)C(=O)NC(C)C(=O)O. The highest BCUT2D eigenvalue weighted by atomic mass is 19.1. The van der Waals surface area contributed by atoms with E-state index in [0.717, 1.165) is 5.39 Å². The molecule has 7 nitrogen and oxygen atoms in total. The molecular formula is C16H18FN3O4. The first-order valence-corrected chi connectivity index (χ1v) is 7.33. The van der Waals surface area contributed by atoms with E-state index in [-0.39, 0.29) is 12.2 Å². The molecule has 0 saturated carbocycles. The number of aliphatic carboxylic acids is 1. The van der Waals surface area contributed by atoms with Crippen molar-refractivity contribution >= 4 is 28.7 Å². The van der Waals surface area contributed by atoms with Crippen molar-refractivity contribution in [3.05, 3.63) is 35.8 Å². The van der Waals surface area contributed by atoms with Crippen LogP contribution < -0.4 is 10.6 Å². The minimum atomic E-state index is -1.17. The molecule has 2 unspecified atom stereocenters. The average molecular weight is 335 g/mol. The Kier molecular flexibility index (Phi) is 5.18. The molecule has 0 saturated heterocycles. The number of carbonyl (C=O) groups is 3. The molecule has 24 heavy (non-hydrogen) atoms. The van der Waals surface area contributed by atoms with Crippen molar-refractivity contribution in [1.29, 1.82) is 0 Å². The second-order valence-corrected chi connectivity index (χ2v) is 5.53. The number of aromatic amines is 1. The van der Waals surface area contributed by atoms with Crippen LogP contribution in [-0.4, -0.2) is 40.0 Å². The number of hydrogen-bond acceptors (Lipinski definition) is 3. The average Bonchev–Trinajstić information content (AvgIpc) is 2.87. The second kappa shape index (κ2) is 7.12. The van der Waals surface area contributed by atoms with Crippen molar-refractivity contribution in [2.45, 2.75) is 32.4 Å². The molecule has 1 aromatic carbocycles. The van der Waals surface area contributed by atoms with Gasteiger partial charge >= 0.3 is 5.97 Å². The van der Waals surface area contributed by atoms with Gasteiger partial charge in [-0.15, -0.1) is 0 Å². The number of halogens is 1. The van der Waals surface area contributed by atoms with E-state index in [1.165, 1.54) is 26.0 Å². The highest BCUT2D eigenvalue weighted by Crippen LogP contribution is 2.20. The highest BCUT2D eigenvalue weighted by molar-refractivity contribution is 5.91. The normalized spacial score (nSPS) is 13.3. The molecule has 4 N–H and O–H groups in total. The summed E-state index contributed by atoms with van der Waals surface area (Å²) in [6.45, 7) is 2.60. The third-order valence-electron chi connectivity index (χ3n) is 3.58. The van der Waals surface area contributed by atoms with Crippen LogP contribution in [0.1, 0.15) is 19.4 Å². The minimum Gasteiger partial charge on any atom is -0.480 e. The Morgan fingerprint density at radius 2 is 2.00 bits per heavy atom. The first kappa shape index (κ1) is 17.5. The van der Waals surface area contributed by atoms with E-state index in [1.54, 1.807) is 12.3 Å². The minimum absolute atomic E-state index is 0.142. The number of fused-ring (bicyclic) bond motifs is 1. The van der Waals surface area contributed by atoms with Crippen LogP contribution in [0.15, 0.2) is 24.4 Å². The van der Waals surface area contributed by atoms with Crippen molar-refractivity contribution < 1.29 is 23.9 Å². The summed E-state index contributed by atoms with van der Waals surface area (Å²) in [4.78, 5) is 37.4. The molecule has 2 rings (SSSR count). The zero-order valence-corrected chi connectivity index (χ0v) is 13.2. The van der Waals surface area contributed by atoms with E-state index in [0.29, 0.717) is 11.1 Å². The van der Waals surface area contributed by atoms with E-state index in [2.05, 4.69) is 15.6 Å². The smallest absolute Gasteiger partial charge is 0.325 e. The fourth-order valence-corrected chi connectivity index (χ4v) is 2.38. The fourth-order valence-electron chi connectivity index (χ4n) is 2.38. The molecule has 0 aliphatic heterocycles. The Bertz CT molecular complexity index is 787. The number of rotatable bonds is 6. The summed E-state index contributed by atoms with van der Waals surface area (Å²) in [7, 11) is 0. The van der Waals surface area contributed by atoms with E-state index in [9.17, 15) is 18.8 Å². The number of aromatic nitrogens is 1. The van der Waals surface area contributed by atoms with Crippen LogP contribution in [0.2, 0.25) is 0 Å². The lowest BCUT2D eigenvalue weighted by Gasteiger charge is -2.19. The number of amides is 2. The third-order valence-corrected chi connectivity index (χ3v) is 3.58. The van der Waals surface area contributed by atoms with Gasteiger partial charge in [0.1, 0.15) is 17.9 Å². The van der Waals surface area contributed by atoms with E-state index in [4.69, 9.17) is 5.11 Å². The number of carboxylic acids is 1. The van der Waals surface area contributed by atoms with E-state index in [1.807, 2.05) is 0 Å². The maximum absolute atomic E-state index is 13.2. The highest BCUT2D eigenvalue weighted by Gasteiger charge is 2.24. The molecule has 0 aliphatic carbocycles. The number of hydrogen-bond donors (Lipinski definition) is 4. The predicted molar refractivity (Wildman–Crippen MR) is 84.8 cm³/mol. The van der Waals surface area contributed by atoms with Gasteiger partial charge in [0, 0.05) is 30.4 Å². The van der Waals surface area contributed by atoms with Gasteiger partial charge in [-0.25, -0.2) is 4.39 Å². The van der Waals surface area contributed by atoms with Crippen LogP contribution in [0.3, 0.4) is 0 Å². The number of carboxylic acid groups (broad SMARTS) is 1. The number of nitrogens with one attached hydrogen (secondary N) is 3. The summed E-state index contributed by atoms with van der Waals surface area (Å²) in [6, 6.07) is 2.21. The molecule has 128 valence electrons. The van der Waals surface area contributed by atoms with Gasteiger partial charge in [-0.05, 0) is 30.7 Å². The standard InChI is InChI=1S/C16H18FN3O4/c1-8(16(23)24)19-15(22)14(20-9(2)21)5-10-7-18-13-6-11(17)3-4-12(10)13/h3-4,6-8,14,18H,5H2,1-2H3,(H,19,22)(H,20,21)(H,23,24). The monoisotopic (exact) mass is 335 g/mol. The van der Waals surface area contributed by atoms with Gasteiger partial charge in [0.25, 0.3) is 0 Å². The molecule has 2 amide bonds. The van der Waals surface area contributed by atoms with Gasteiger partial charge in [0.2, 0.25) is 11.8 Å². The van der Waals surface area contributed by atoms with Crippen LogP contribution in [0.4, 0.5) is 4.39 Å². The molecule has 8 heteroatoms. The molecular weight excluding hydrogens is 317 g/mol. The zero-order chi connectivity index (χ0) is 17.9. The predicted octanol–water partition coefficient (Wildman–Crippen LogP) is 0.943. The quantitative estimate of drug-likeness (QED) is 0.629. The molecule has 0 radical (unpaired) electrons. The van der Waals surface area contributed by atoms with Crippen molar-refractivity contribution in [2.24, 2.45) is 0 Å². The van der Waals surface area contributed by atoms with Gasteiger partial charge in [0.05, 0.1) is 0 Å². The Balaban J connectivity index is 2.22. The van der Waals surface area contributed by atoms with Crippen LogP contribution in [0, 0.1) is 5.82 Å². The van der Waals surface area contributed by atoms with E-state index < -0.39 is 29.9 Å². The van der Waals surface area contributed by atoms with Crippen molar-refractivity contribution in [3.8, 4) is 0 Å². The molecule has 2 atom stereocenters. The van der Waals surface area contributed by atoms with Crippen LogP contribution in [-0.2, 0) is 20.8 Å². The topological polar surface area (TPSA) is 111 Å². The molecule has 1 aromatic heterocycles. The number of benzene rings is 1. The largest absolute Gasteiger partial charge is 0.480 e. The zero-order valence-electron chi connectivity index (χ0n) is 13.2. The second-order valence-electron chi connectivity index (χ2n) is 5.53. The lowest BCUT2D eigenvalue weighted by molar-refractivity contribution is -0.141. The van der Waals surface area contributed by atoms with Crippen molar-refractivity contribution in [2.75, 3.05) is 0 Å². The first-order valence-electron chi connectivity index (χ1n) is 7.33. The number of H-pyrrole nitrogens is 1. The Labute approximate surface area is 137 Å². The maximum Gasteiger partial charge on any atom is 0.325 e. The van der Waals surface area contributed by atoms with Crippen LogP contribution >= 0.6 is 0 Å². The Morgan fingerprint density at radius 1 is 1.29 bits per heavy atom. The van der Waals surface area contributed by atoms with Gasteiger partial charge in [-0.2, -0.15) is 0 Å². The van der Waals surface area contributed by atoms with Gasteiger partial charge in [-0.3, -0.25) is 14.4 Å². The van der Waals surface area contributed by atoms with Gasteiger partial charge in [-0.1, -0.05) is 0 Å². The van der Waals surface area contributed by atoms with Crippen molar-refractivity contribution in [1.82, 2.24) is 15.6 Å². The summed E-state index contributed by atoms with van der Waals surface area (Å²) in [5.74, 6) is -2.57. The third kappa shape index (κ3) is 4.09. The van der Waals surface area contributed by atoms with Gasteiger partial charge < -0.3 is 20.7 Å². The lowest BCUT2D eigenvalue weighted by atomic mass is 10.0. The van der Waals surface area contributed by atoms with E-state index >= 15 is 0 Å². The van der Waals surface area contributed by atoms with Crippen molar-refractivity contribution in [3.63, 3.8) is 0 Å². The van der Waals surface area contributed by atoms with Crippen LogP contribution in [0.25, 0.3) is 10.9 Å².